The zero-order chi connectivity index (χ0) is 13.0. The van der Waals surface area contributed by atoms with Gasteiger partial charge >= 0.3 is 5.97 Å². The van der Waals surface area contributed by atoms with Crippen molar-refractivity contribution in [3.8, 4) is 0 Å². The first-order chi connectivity index (χ1) is 8.52. The minimum absolute atomic E-state index is 0.133. The summed E-state index contributed by atoms with van der Waals surface area (Å²) in [5.41, 5.74) is -1.76. The van der Waals surface area contributed by atoms with E-state index in [0.717, 1.165) is 18.2 Å². The Morgan fingerprint density at radius 3 is 2.39 bits per heavy atom. The number of aliphatic carboxylic acids is 1. The largest absolute Gasteiger partial charge is 0.481 e. The van der Waals surface area contributed by atoms with E-state index in [2.05, 4.69) is 0 Å². The summed E-state index contributed by atoms with van der Waals surface area (Å²) in [6.45, 7) is 0.277. The number of halogens is 2. The van der Waals surface area contributed by atoms with E-state index in [1.807, 2.05) is 0 Å². The van der Waals surface area contributed by atoms with Gasteiger partial charge in [0.1, 0.15) is 11.6 Å². The van der Waals surface area contributed by atoms with E-state index in [-0.39, 0.29) is 18.8 Å². The van der Waals surface area contributed by atoms with Crippen LogP contribution >= 0.6 is 0 Å². The van der Waals surface area contributed by atoms with E-state index in [0.29, 0.717) is 12.8 Å². The highest BCUT2D eigenvalue weighted by Gasteiger charge is 2.69. The van der Waals surface area contributed by atoms with Crippen molar-refractivity contribution in [1.82, 2.24) is 0 Å². The van der Waals surface area contributed by atoms with Crippen LogP contribution in [-0.2, 0) is 14.9 Å². The third-order valence-corrected chi connectivity index (χ3v) is 4.22. The lowest BCUT2D eigenvalue weighted by atomic mass is 9.66. The van der Waals surface area contributed by atoms with Crippen molar-refractivity contribution in [3.05, 3.63) is 35.4 Å². The van der Waals surface area contributed by atoms with Gasteiger partial charge in [0.2, 0.25) is 0 Å². The summed E-state index contributed by atoms with van der Waals surface area (Å²) in [6.07, 6.45) is 0.975. The van der Waals surface area contributed by atoms with Crippen molar-refractivity contribution in [2.75, 3.05) is 13.2 Å². The summed E-state index contributed by atoms with van der Waals surface area (Å²) in [6, 6.07) is 3.18. The molecule has 0 radical (unpaired) electrons. The molecule has 2 fully saturated rings. The molecule has 5 heteroatoms. The predicted octanol–water partition coefficient (Wildman–Crippen LogP) is 2.10. The highest BCUT2D eigenvalue weighted by Crippen LogP contribution is 2.62. The van der Waals surface area contributed by atoms with Gasteiger partial charge in [-0.3, -0.25) is 4.79 Å². The second-order valence-corrected chi connectivity index (χ2v) is 5.09. The minimum atomic E-state index is -0.986. The van der Waals surface area contributed by atoms with E-state index in [1.165, 1.54) is 0 Å². The van der Waals surface area contributed by atoms with Crippen molar-refractivity contribution in [2.24, 2.45) is 5.41 Å². The number of hydrogen-bond acceptors (Lipinski definition) is 2. The molecular formula is C13H12F2O3. The molecule has 0 unspecified atom stereocenters. The Kier molecular flexibility index (Phi) is 2.26. The van der Waals surface area contributed by atoms with Crippen molar-refractivity contribution in [1.29, 1.82) is 0 Å². The molecule has 1 aliphatic carbocycles. The average Bonchev–Trinajstić information content (AvgIpc) is 3.03. The summed E-state index contributed by atoms with van der Waals surface area (Å²) < 4.78 is 32.3. The molecule has 1 aromatic rings. The van der Waals surface area contributed by atoms with Crippen molar-refractivity contribution < 1.29 is 23.4 Å². The Morgan fingerprint density at radius 1 is 1.28 bits per heavy atom. The van der Waals surface area contributed by atoms with Gasteiger partial charge in [-0.1, -0.05) is 0 Å². The van der Waals surface area contributed by atoms with Crippen LogP contribution in [0, 0.1) is 17.0 Å². The van der Waals surface area contributed by atoms with E-state index in [4.69, 9.17) is 4.74 Å². The third-order valence-electron chi connectivity index (χ3n) is 4.22. The van der Waals surface area contributed by atoms with Crippen molar-refractivity contribution in [3.63, 3.8) is 0 Å². The SMILES string of the molecule is O=C(O)C1(C2(c3cc(F)ccc3F)COC2)CC1. The van der Waals surface area contributed by atoms with E-state index >= 15 is 0 Å². The number of benzene rings is 1. The van der Waals surface area contributed by atoms with Gasteiger partial charge in [0, 0.05) is 5.56 Å². The number of rotatable bonds is 3. The quantitative estimate of drug-likeness (QED) is 0.898. The molecule has 0 atom stereocenters. The molecule has 1 aromatic carbocycles. The summed E-state index contributed by atoms with van der Waals surface area (Å²) in [7, 11) is 0. The van der Waals surface area contributed by atoms with Gasteiger partial charge in [-0.05, 0) is 31.0 Å². The molecule has 1 saturated carbocycles. The van der Waals surface area contributed by atoms with Crippen LogP contribution in [0.3, 0.4) is 0 Å². The van der Waals surface area contributed by atoms with Gasteiger partial charge in [-0.2, -0.15) is 0 Å². The Labute approximate surface area is 102 Å². The molecule has 0 aromatic heterocycles. The zero-order valence-electron chi connectivity index (χ0n) is 9.58. The maximum Gasteiger partial charge on any atom is 0.310 e. The first kappa shape index (κ1) is 11.6. The normalized spacial score (nSPS) is 23.2. The Bertz CT molecular complexity index is 519. The predicted molar refractivity (Wildman–Crippen MR) is 58.2 cm³/mol. The highest BCUT2D eigenvalue weighted by atomic mass is 19.1. The second kappa shape index (κ2) is 3.51. The van der Waals surface area contributed by atoms with Crippen molar-refractivity contribution >= 4 is 5.97 Å². The molecule has 3 nitrogen and oxygen atoms in total. The summed E-state index contributed by atoms with van der Waals surface area (Å²) in [5.74, 6) is -2.07. The zero-order valence-corrected chi connectivity index (χ0v) is 9.58. The van der Waals surface area contributed by atoms with Crippen LogP contribution in [0.1, 0.15) is 18.4 Å². The van der Waals surface area contributed by atoms with Crippen molar-refractivity contribution in [2.45, 2.75) is 18.3 Å². The molecular weight excluding hydrogens is 242 g/mol. The van der Waals surface area contributed by atoms with E-state index in [9.17, 15) is 18.7 Å². The van der Waals surface area contributed by atoms with Crippen LogP contribution in [0.5, 0.6) is 0 Å². The fraction of sp³-hybridized carbons (Fsp3) is 0.462. The standard InChI is InChI=1S/C13H12F2O3/c14-8-1-2-10(15)9(5-8)13(6-18-7-13)12(3-4-12)11(16)17/h1-2,5H,3-4,6-7H2,(H,16,17). The summed E-state index contributed by atoms with van der Waals surface area (Å²) in [4.78, 5) is 11.4. The number of carboxylic acids is 1. The monoisotopic (exact) mass is 254 g/mol. The summed E-state index contributed by atoms with van der Waals surface area (Å²) >= 11 is 0. The number of carboxylic acid groups (broad SMARTS) is 1. The number of hydrogen-bond donors (Lipinski definition) is 1. The Hall–Kier alpha value is -1.49. The molecule has 1 N–H and O–H groups in total. The third kappa shape index (κ3) is 1.28. The first-order valence-electron chi connectivity index (χ1n) is 5.79. The lowest BCUT2D eigenvalue weighted by molar-refractivity contribution is -0.161. The van der Waals surface area contributed by atoms with Crippen LogP contribution in [0.2, 0.25) is 0 Å². The topological polar surface area (TPSA) is 46.5 Å². The number of carbonyl (C=O) groups is 1. The van der Waals surface area contributed by atoms with Crippen LogP contribution in [0.4, 0.5) is 8.78 Å². The lowest BCUT2D eigenvalue weighted by Crippen LogP contribution is -2.56. The molecule has 1 saturated heterocycles. The minimum Gasteiger partial charge on any atom is -0.481 e. The molecule has 0 amide bonds. The Balaban J connectivity index is 2.12. The molecule has 18 heavy (non-hydrogen) atoms. The molecule has 1 heterocycles. The maximum atomic E-state index is 13.9. The fourth-order valence-electron chi connectivity index (χ4n) is 2.88. The van der Waals surface area contributed by atoms with Gasteiger partial charge in [0.25, 0.3) is 0 Å². The van der Waals surface area contributed by atoms with Crippen LogP contribution in [-0.4, -0.2) is 24.3 Å². The Morgan fingerprint density at radius 2 is 1.94 bits per heavy atom. The molecule has 3 rings (SSSR count). The lowest BCUT2D eigenvalue weighted by Gasteiger charge is -2.46. The van der Waals surface area contributed by atoms with E-state index < -0.39 is 28.4 Å². The highest BCUT2D eigenvalue weighted by molar-refractivity contribution is 5.81. The average molecular weight is 254 g/mol. The maximum absolute atomic E-state index is 13.9. The van der Waals surface area contributed by atoms with Crippen LogP contribution in [0.25, 0.3) is 0 Å². The van der Waals surface area contributed by atoms with E-state index in [1.54, 1.807) is 0 Å². The van der Waals surface area contributed by atoms with Gasteiger partial charge in [-0.25, -0.2) is 8.78 Å². The van der Waals surface area contributed by atoms with Gasteiger partial charge in [-0.15, -0.1) is 0 Å². The van der Waals surface area contributed by atoms with Gasteiger partial charge in [0.15, 0.2) is 0 Å². The number of ether oxygens (including phenoxy) is 1. The van der Waals surface area contributed by atoms with Crippen LogP contribution in [0.15, 0.2) is 18.2 Å². The molecule has 0 spiro atoms. The fourth-order valence-corrected chi connectivity index (χ4v) is 2.88. The molecule has 0 bridgehead atoms. The smallest absolute Gasteiger partial charge is 0.310 e. The molecule has 1 aliphatic heterocycles. The molecule has 2 aliphatic rings. The van der Waals surface area contributed by atoms with Crippen LogP contribution < -0.4 is 0 Å². The van der Waals surface area contributed by atoms with Gasteiger partial charge in [0.05, 0.1) is 24.0 Å². The van der Waals surface area contributed by atoms with Gasteiger partial charge < -0.3 is 9.84 Å². The second-order valence-electron chi connectivity index (χ2n) is 5.09. The first-order valence-corrected chi connectivity index (χ1v) is 5.79. The molecule has 96 valence electrons. The summed E-state index contributed by atoms with van der Waals surface area (Å²) in [5, 5.41) is 9.35.